The molecule has 0 radical (unpaired) electrons. The monoisotopic (exact) mass is 762 g/mol. The average molecular weight is 762 g/mol. The smallest absolute Gasteiger partial charge is 0.267 e. The van der Waals surface area contributed by atoms with Gasteiger partial charge in [-0.3, -0.25) is 9.35 Å². The van der Waals surface area contributed by atoms with Crippen LogP contribution in [0, 0.1) is 0 Å². The van der Waals surface area contributed by atoms with E-state index in [1.54, 1.807) is 6.08 Å². The fourth-order valence-electron chi connectivity index (χ4n) is 6.33. The van der Waals surface area contributed by atoms with Crippen molar-refractivity contribution in [1.82, 2.24) is 5.32 Å². The van der Waals surface area contributed by atoms with Crippen LogP contribution in [0.15, 0.2) is 60.8 Å². The SMILES string of the molecule is CCCCC/C=C\C/C=C\CCCCCCCCCC(=O)NC(CS(=O)(=O)O)C(O)/C=C/CC/C=C/CC/C=C/CCCCCCCCCCCCC. The molecule has 0 aliphatic carbocycles. The Hall–Kier alpha value is -1.96. The van der Waals surface area contributed by atoms with Crippen LogP contribution in [0.1, 0.15) is 206 Å². The van der Waals surface area contributed by atoms with Crippen LogP contribution in [0.4, 0.5) is 0 Å². The van der Waals surface area contributed by atoms with Crippen molar-refractivity contribution in [1.29, 1.82) is 0 Å². The van der Waals surface area contributed by atoms with E-state index >= 15 is 0 Å². The van der Waals surface area contributed by atoms with Crippen LogP contribution in [-0.4, -0.2) is 41.9 Å². The summed E-state index contributed by atoms with van der Waals surface area (Å²) in [6.45, 7) is 4.50. The summed E-state index contributed by atoms with van der Waals surface area (Å²) in [7, 11) is -4.36. The quantitative estimate of drug-likeness (QED) is 0.0329. The molecule has 0 spiro atoms. The number of hydrogen-bond donors (Lipinski definition) is 3. The first-order valence-corrected chi connectivity index (χ1v) is 23.6. The minimum Gasteiger partial charge on any atom is -0.387 e. The van der Waals surface area contributed by atoms with Crippen LogP contribution in [0.2, 0.25) is 0 Å². The lowest BCUT2D eigenvalue weighted by molar-refractivity contribution is -0.122. The predicted octanol–water partition coefficient (Wildman–Crippen LogP) is 13.2. The highest BCUT2D eigenvalue weighted by Crippen LogP contribution is 2.13. The van der Waals surface area contributed by atoms with Gasteiger partial charge in [0.2, 0.25) is 5.91 Å². The van der Waals surface area contributed by atoms with Gasteiger partial charge >= 0.3 is 0 Å². The number of carbonyl (C=O) groups is 1. The number of nitrogens with one attached hydrogen (secondary N) is 1. The van der Waals surface area contributed by atoms with Crippen molar-refractivity contribution < 1.29 is 22.9 Å². The van der Waals surface area contributed by atoms with Crippen LogP contribution in [-0.2, 0) is 14.9 Å². The molecule has 0 aromatic heterocycles. The van der Waals surface area contributed by atoms with Gasteiger partial charge in [0.25, 0.3) is 10.1 Å². The highest BCUT2D eigenvalue weighted by atomic mass is 32.2. The van der Waals surface area contributed by atoms with Gasteiger partial charge in [0.05, 0.1) is 17.9 Å². The Balaban J connectivity index is 3.99. The van der Waals surface area contributed by atoms with Crippen molar-refractivity contribution in [2.24, 2.45) is 0 Å². The minimum absolute atomic E-state index is 0.273. The maximum absolute atomic E-state index is 12.5. The summed E-state index contributed by atoms with van der Waals surface area (Å²) in [4.78, 5) is 12.5. The Morgan fingerprint density at radius 2 is 0.868 bits per heavy atom. The van der Waals surface area contributed by atoms with E-state index in [-0.39, 0.29) is 12.3 Å². The summed E-state index contributed by atoms with van der Waals surface area (Å²) in [5.74, 6) is -1.02. The largest absolute Gasteiger partial charge is 0.387 e. The first kappa shape index (κ1) is 51.0. The molecule has 0 aliphatic rings. The van der Waals surface area contributed by atoms with E-state index in [2.05, 4.69) is 67.8 Å². The standard InChI is InChI=1S/C46H83NO5S/c1-3-5-7-9-11-13-15-17-19-21-22-23-24-26-27-29-31-33-35-37-39-41-45(48)44(43-53(50,51)52)47-46(49)42-40-38-36-34-32-30-28-25-20-18-16-14-12-10-8-6-4-2/h12,14,18,20,24,26,31,33,39,41,44-45,48H,3-11,13,15-17,19,21-23,25,27-30,32,34-38,40,42-43H2,1-2H3,(H,47,49)(H,50,51,52)/b14-12-,20-18-,26-24+,33-31+,41-39+. The van der Waals surface area contributed by atoms with E-state index in [9.17, 15) is 22.9 Å². The van der Waals surface area contributed by atoms with Gasteiger partial charge < -0.3 is 10.4 Å². The Labute approximate surface area is 328 Å². The first-order chi connectivity index (χ1) is 25.8. The third kappa shape index (κ3) is 41.1. The Bertz CT molecular complexity index is 1060. The fraction of sp³-hybridized carbons (Fsp3) is 0.761. The molecule has 0 saturated heterocycles. The van der Waals surface area contributed by atoms with Crippen LogP contribution in [0.5, 0.6) is 0 Å². The van der Waals surface area contributed by atoms with Gasteiger partial charge in [-0.25, -0.2) is 0 Å². The molecule has 2 atom stereocenters. The molecule has 0 saturated carbocycles. The van der Waals surface area contributed by atoms with E-state index in [1.165, 1.54) is 128 Å². The Morgan fingerprint density at radius 1 is 0.509 bits per heavy atom. The van der Waals surface area contributed by atoms with E-state index in [4.69, 9.17) is 0 Å². The zero-order chi connectivity index (χ0) is 38.9. The molecule has 308 valence electrons. The van der Waals surface area contributed by atoms with Gasteiger partial charge in [0, 0.05) is 6.42 Å². The van der Waals surface area contributed by atoms with Crippen molar-refractivity contribution in [3.8, 4) is 0 Å². The fourth-order valence-corrected chi connectivity index (χ4v) is 7.07. The lowest BCUT2D eigenvalue weighted by Crippen LogP contribution is -2.46. The second-order valence-corrected chi connectivity index (χ2v) is 16.4. The average Bonchev–Trinajstić information content (AvgIpc) is 3.12. The highest BCUT2D eigenvalue weighted by Gasteiger charge is 2.24. The highest BCUT2D eigenvalue weighted by molar-refractivity contribution is 7.85. The summed E-state index contributed by atoms with van der Waals surface area (Å²) in [6.07, 6.45) is 54.9. The van der Waals surface area contributed by atoms with Gasteiger partial charge in [0.1, 0.15) is 0 Å². The molecule has 53 heavy (non-hydrogen) atoms. The number of carbonyl (C=O) groups excluding carboxylic acids is 1. The molecular weight excluding hydrogens is 679 g/mol. The third-order valence-electron chi connectivity index (χ3n) is 9.64. The van der Waals surface area contributed by atoms with Crippen molar-refractivity contribution in [3.63, 3.8) is 0 Å². The summed E-state index contributed by atoms with van der Waals surface area (Å²) < 4.78 is 32.5. The van der Waals surface area contributed by atoms with Crippen LogP contribution in [0.3, 0.4) is 0 Å². The molecule has 0 heterocycles. The maximum atomic E-state index is 12.5. The molecule has 2 unspecified atom stereocenters. The summed E-state index contributed by atoms with van der Waals surface area (Å²) in [5.41, 5.74) is 0. The van der Waals surface area contributed by atoms with Crippen LogP contribution in [0.25, 0.3) is 0 Å². The molecule has 0 aromatic carbocycles. The Morgan fingerprint density at radius 3 is 1.34 bits per heavy atom. The van der Waals surface area contributed by atoms with Crippen LogP contribution >= 0.6 is 0 Å². The summed E-state index contributed by atoms with van der Waals surface area (Å²) in [5, 5.41) is 13.2. The number of rotatable bonds is 39. The van der Waals surface area contributed by atoms with Crippen molar-refractivity contribution in [3.05, 3.63) is 60.8 Å². The van der Waals surface area contributed by atoms with Gasteiger partial charge in [0.15, 0.2) is 0 Å². The van der Waals surface area contributed by atoms with E-state index in [0.717, 1.165) is 51.4 Å². The molecule has 0 aromatic rings. The molecule has 1 amide bonds. The lowest BCUT2D eigenvalue weighted by Gasteiger charge is -2.21. The number of amides is 1. The maximum Gasteiger partial charge on any atom is 0.267 e. The summed E-state index contributed by atoms with van der Waals surface area (Å²) in [6, 6.07) is -1.09. The Kier molecular flexibility index (Phi) is 38.3. The van der Waals surface area contributed by atoms with Crippen molar-refractivity contribution in [2.75, 3.05) is 5.75 Å². The zero-order valence-electron chi connectivity index (χ0n) is 34.4. The molecule has 6 nitrogen and oxygen atoms in total. The predicted molar refractivity (Wildman–Crippen MR) is 230 cm³/mol. The van der Waals surface area contributed by atoms with Gasteiger partial charge in [-0.15, -0.1) is 0 Å². The van der Waals surface area contributed by atoms with E-state index < -0.39 is 28.0 Å². The normalized spacial score (nSPS) is 13.8. The number of aliphatic hydroxyl groups is 1. The van der Waals surface area contributed by atoms with E-state index in [0.29, 0.717) is 12.8 Å². The van der Waals surface area contributed by atoms with Gasteiger partial charge in [-0.2, -0.15) is 8.42 Å². The molecule has 0 aliphatic heterocycles. The molecular formula is C46H83NO5S. The number of unbranched alkanes of at least 4 members (excludes halogenated alkanes) is 23. The molecule has 0 rings (SSSR count). The van der Waals surface area contributed by atoms with E-state index in [1.807, 2.05) is 0 Å². The molecule has 0 fully saturated rings. The minimum atomic E-state index is -4.36. The molecule has 0 bridgehead atoms. The zero-order valence-corrected chi connectivity index (χ0v) is 35.2. The number of hydrogen-bond acceptors (Lipinski definition) is 4. The van der Waals surface area contributed by atoms with Gasteiger partial charge in [-0.1, -0.05) is 184 Å². The van der Waals surface area contributed by atoms with Crippen molar-refractivity contribution in [2.45, 2.75) is 219 Å². The second-order valence-electron chi connectivity index (χ2n) is 15.0. The molecule has 7 heteroatoms. The molecule has 3 N–H and O–H groups in total. The topological polar surface area (TPSA) is 104 Å². The van der Waals surface area contributed by atoms with Crippen LogP contribution < -0.4 is 5.32 Å². The first-order valence-electron chi connectivity index (χ1n) is 22.0. The second kappa shape index (κ2) is 39.7. The summed E-state index contributed by atoms with van der Waals surface area (Å²) >= 11 is 0. The van der Waals surface area contributed by atoms with Gasteiger partial charge in [-0.05, 0) is 77.0 Å². The number of aliphatic hydroxyl groups excluding tert-OH is 1. The van der Waals surface area contributed by atoms with Crippen molar-refractivity contribution >= 4 is 16.0 Å². The number of allylic oxidation sites excluding steroid dienone is 9. The lowest BCUT2D eigenvalue weighted by atomic mass is 10.1. The third-order valence-corrected chi connectivity index (χ3v) is 10.4.